The molecule has 1 atom stereocenters. The van der Waals surface area contributed by atoms with Crippen LogP contribution in [0, 0.1) is 0 Å². The van der Waals surface area contributed by atoms with Crippen molar-refractivity contribution in [1.82, 2.24) is 10.6 Å². The maximum atomic E-state index is 11.8. The van der Waals surface area contributed by atoms with Crippen LogP contribution in [0.3, 0.4) is 0 Å². The summed E-state index contributed by atoms with van der Waals surface area (Å²) in [6.07, 6.45) is -0.347. The monoisotopic (exact) mass is 342 g/mol. The second-order valence-corrected chi connectivity index (χ2v) is 5.51. The number of nitrogens with one attached hydrogen (secondary N) is 2. The van der Waals surface area contributed by atoms with Gasteiger partial charge in [0.15, 0.2) is 0 Å². The standard InChI is InChI=1S/C19H22N2O4/c1-25-16-9-5-6-14(12-16)13-21-19(24)18(23)20-11-10-17(22)15-7-3-2-4-8-15/h2-9,12,17,22H,10-11,13H2,1H3,(H,20,23)(H,21,24)/t17-/m1/s1. The van der Waals surface area contributed by atoms with E-state index in [0.29, 0.717) is 12.2 Å². The Bertz CT molecular complexity index is 704. The lowest BCUT2D eigenvalue weighted by Gasteiger charge is -2.11. The molecule has 0 spiro atoms. The number of rotatable bonds is 7. The van der Waals surface area contributed by atoms with Crippen LogP contribution >= 0.6 is 0 Å². The van der Waals surface area contributed by atoms with E-state index in [1.807, 2.05) is 42.5 Å². The Hall–Kier alpha value is -2.86. The number of ether oxygens (including phenoxy) is 1. The molecule has 0 aromatic heterocycles. The zero-order chi connectivity index (χ0) is 18.1. The van der Waals surface area contributed by atoms with Crippen molar-refractivity contribution in [2.45, 2.75) is 19.1 Å². The minimum absolute atomic E-state index is 0.210. The first-order valence-corrected chi connectivity index (χ1v) is 8.02. The summed E-state index contributed by atoms with van der Waals surface area (Å²) in [6, 6.07) is 16.4. The summed E-state index contributed by atoms with van der Waals surface area (Å²) in [4.78, 5) is 23.6. The second-order valence-electron chi connectivity index (χ2n) is 5.51. The van der Waals surface area contributed by atoms with Crippen LogP contribution in [0.5, 0.6) is 5.75 Å². The molecule has 25 heavy (non-hydrogen) atoms. The molecule has 0 saturated heterocycles. The van der Waals surface area contributed by atoms with Gasteiger partial charge in [0.2, 0.25) is 0 Å². The Labute approximate surface area is 146 Å². The van der Waals surface area contributed by atoms with Gasteiger partial charge in [0.1, 0.15) is 5.75 Å². The smallest absolute Gasteiger partial charge is 0.309 e. The average molecular weight is 342 g/mol. The summed E-state index contributed by atoms with van der Waals surface area (Å²) >= 11 is 0. The van der Waals surface area contributed by atoms with Crippen LogP contribution in [0.15, 0.2) is 54.6 Å². The van der Waals surface area contributed by atoms with E-state index in [-0.39, 0.29) is 13.1 Å². The van der Waals surface area contributed by atoms with Crippen LogP contribution in [-0.2, 0) is 16.1 Å². The summed E-state index contributed by atoms with van der Waals surface area (Å²) in [5.74, 6) is -0.744. The van der Waals surface area contributed by atoms with E-state index in [9.17, 15) is 14.7 Å². The number of amides is 2. The molecule has 0 aliphatic rings. The zero-order valence-corrected chi connectivity index (χ0v) is 14.1. The molecule has 0 aliphatic heterocycles. The number of hydrogen-bond donors (Lipinski definition) is 3. The van der Waals surface area contributed by atoms with E-state index in [4.69, 9.17) is 4.74 Å². The third-order valence-electron chi connectivity index (χ3n) is 3.68. The summed E-state index contributed by atoms with van der Waals surface area (Å²) in [7, 11) is 1.56. The number of hydrogen-bond acceptors (Lipinski definition) is 4. The van der Waals surface area contributed by atoms with Crippen LogP contribution in [0.25, 0.3) is 0 Å². The topological polar surface area (TPSA) is 87.7 Å². The largest absolute Gasteiger partial charge is 0.497 e. The molecule has 2 rings (SSSR count). The molecule has 0 radical (unpaired) electrons. The Morgan fingerprint density at radius 1 is 1.04 bits per heavy atom. The molecule has 3 N–H and O–H groups in total. The number of carbonyl (C=O) groups is 2. The minimum Gasteiger partial charge on any atom is -0.497 e. The fourth-order valence-corrected chi connectivity index (χ4v) is 2.29. The molecular formula is C19H22N2O4. The summed E-state index contributed by atoms with van der Waals surface area (Å²) in [5.41, 5.74) is 1.61. The molecule has 0 fully saturated rings. The van der Waals surface area contributed by atoms with Crippen LogP contribution < -0.4 is 15.4 Å². The van der Waals surface area contributed by atoms with Gasteiger partial charge in [-0.3, -0.25) is 9.59 Å². The number of benzene rings is 2. The quantitative estimate of drug-likeness (QED) is 0.666. The van der Waals surface area contributed by atoms with E-state index in [2.05, 4.69) is 10.6 Å². The Morgan fingerprint density at radius 2 is 1.76 bits per heavy atom. The van der Waals surface area contributed by atoms with Crippen molar-refractivity contribution in [1.29, 1.82) is 0 Å². The first kappa shape index (κ1) is 18.5. The lowest BCUT2D eigenvalue weighted by molar-refractivity contribution is -0.139. The maximum Gasteiger partial charge on any atom is 0.309 e. The summed E-state index contributed by atoms with van der Waals surface area (Å²) in [6.45, 7) is 0.442. The van der Waals surface area contributed by atoms with Crippen LogP contribution in [0.2, 0.25) is 0 Å². The molecule has 6 nitrogen and oxygen atoms in total. The van der Waals surface area contributed by atoms with Gasteiger partial charge >= 0.3 is 11.8 Å². The molecule has 6 heteroatoms. The molecule has 0 bridgehead atoms. The summed E-state index contributed by atoms with van der Waals surface area (Å²) < 4.78 is 5.11. The van der Waals surface area contributed by atoms with E-state index in [1.165, 1.54) is 0 Å². The predicted octanol–water partition coefficient (Wildman–Crippen LogP) is 1.55. The fraction of sp³-hybridized carbons (Fsp3) is 0.263. The van der Waals surface area contributed by atoms with Crippen molar-refractivity contribution in [3.8, 4) is 5.75 Å². The van der Waals surface area contributed by atoms with Crippen molar-refractivity contribution in [3.63, 3.8) is 0 Å². The maximum absolute atomic E-state index is 11.8. The normalized spacial score (nSPS) is 11.4. The van der Waals surface area contributed by atoms with Crippen LogP contribution in [0.4, 0.5) is 0 Å². The van der Waals surface area contributed by atoms with Gasteiger partial charge in [-0.25, -0.2) is 0 Å². The van der Waals surface area contributed by atoms with Crippen LogP contribution in [0.1, 0.15) is 23.7 Å². The molecular weight excluding hydrogens is 320 g/mol. The van der Waals surface area contributed by atoms with Crippen molar-refractivity contribution in [3.05, 3.63) is 65.7 Å². The molecule has 2 aromatic carbocycles. The van der Waals surface area contributed by atoms with Gasteiger partial charge in [0.05, 0.1) is 13.2 Å². The lowest BCUT2D eigenvalue weighted by Crippen LogP contribution is -2.40. The van der Waals surface area contributed by atoms with E-state index < -0.39 is 17.9 Å². The van der Waals surface area contributed by atoms with Crippen molar-refractivity contribution >= 4 is 11.8 Å². The predicted molar refractivity (Wildman–Crippen MR) is 93.9 cm³/mol. The molecule has 2 amide bonds. The van der Waals surface area contributed by atoms with E-state index in [1.54, 1.807) is 19.2 Å². The highest BCUT2D eigenvalue weighted by molar-refractivity contribution is 6.35. The highest BCUT2D eigenvalue weighted by Gasteiger charge is 2.14. The first-order chi connectivity index (χ1) is 12.1. The Morgan fingerprint density at radius 3 is 2.48 bits per heavy atom. The van der Waals surface area contributed by atoms with Gasteiger partial charge < -0.3 is 20.5 Å². The number of aliphatic hydroxyl groups excluding tert-OH is 1. The fourth-order valence-electron chi connectivity index (χ4n) is 2.29. The number of aliphatic hydroxyl groups is 1. The van der Waals surface area contributed by atoms with E-state index >= 15 is 0 Å². The zero-order valence-electron chi connectivity index (χ0n) is 14.1. The van der Waals surface area contributed by atoms with Crippen molar-refractivity contribution in [2.75, 3.05) is 13.7 Å². The molecule has 2 aromatic rings. The van der Waals surface area contributed by atoms with Gasteiger partial charge in [0.25, 0.3) is 0 Å². The van der Waals surface area contributed by atoms with Crippen molar-refractivity contribution in [2.24, 2.45) is 0 Å². The molecule has 0 heterocycles. The summed E-state index contributed by atoms with van der Waals surface area (Å²) in [5, 5.41) is 15.1. The van der Waals surface area contributed by atoms with Gasteiger partial charge in [-0.1, -0.05) is 42.5 Å². The highest BCUT2D eigenvalue weighted by atomic mass is 16.5. The molecule has 0 saturated carbocycles. The minimum atomic E-state index is -0.719. The van der Waals surface area contributed by atoms with Gasteiger partial charge in [-0.05, 0) is 29.7 Å². The third kappa shape index (κ3) is 5.93. The molecule has 0 unspecified atom stereocenters. The van der Waals surface area contributed by atoms with Gasteiger partial charge in [-0.2, -0.15) is 0 Å². The van der Waals surface area contributed by atoms with Gasteiger partial charge in [-0.15, -0.1) is 0 Å². The Balaban J connectivity index is 1.72. The van der Waals surface area contributed by atoms with Crippen LogP contribution in [-0.4, -0.2) is 30.6 Å². The number of carbonyl (C=O) groups excluding carboxylic acids is 2. The highest BCUT2D eigenvalue weighted by Crippen LogP contribution is 2.15. The van der Waals surface area contributed by atoms with E-state index in [0.717, 1.165) is 11.1 Å². The molecule has 132 valence electrons. The van der Waals surface area contributed by atoms with Crippen molar-refractivity contribution < 1.29 is 19.4 Å². The third-order valence-corrected chi connectivity index (χ3v) is 3.68. The lowest BCUT2D eigenvalue weighted by atomic mass is 10.1. The first-order valence-electron chi connectivity index (χ1n) is 8.02. The van der Waals surface area contributed by atoms with Gasteiger partial charge in [0, 0.05) is 13.1 Å². The Kier molecular flexibility index (Phi) is 6.98. The average Bonchev–Trinajstić information content (AvgIpc) is 2.66. The molecule has 0 aliphatic carbocycles. The second kappa shape index (κ2) is 9.44. The SMILES string of the molecule is COc1cccc(CNC(=O)C(=O)NCC[C@@H](O)c2ccccc2)c1. The number of methoxy groups -OCH3 is 1.